The van der Waals surface area contributed by atoms with E-state index in [-0.39, 0.29) is 18.9 Å². The van der Waals surface area contributed by atoms with Gasteiger partial charge in [-0.05, 0) is 0 Å². The number of benzene rings is 1. The molecule has 0 N–H and O–H groups in total. The fraction of sp³-hybridized carbons (Fsp3) is 0.111. The smallest absolute Gasteiger partial charge is 0.183 e. The van der Waals surface area contributed by atoms with Crippen LogP contribution in [0, 0.1) is 6.07 Å². The average molecular weight is 124 g/mol. The first kappa shape index (κ1) is 9.56. The molecule has 0 fully saturated rings. The van der Waals surface area contributed by atoms with Crippen LogP contribution in [0.4, 0.5) is 0 Å². The third-order valence-electron chi connectivity index (χ3n) is 1.20. The van der Waals surface area contributed by atoms with Crippen LogP contribution in [0.3, 0.4) is 0 Å². The molecule has 0 saturated heterocycles. The zero-order valence-corrected chi connectivity index (χ0v) is 6.52. The number of rotatable bonds is 1. The summed E-state index contributed by atoms with van der Waals surface area (Å²) in [5, 5.41) is 0. The number of allylic oxidation sites excluding steroid dienone is 1. The Morgan fingerprint density at radius 1 is 1.60 bits per heavy atom. The molecule has 0 nitrogen and oxygen atoms in total. The summed E-state index contributed by atoms with van der Waals surface area (Å²) in [6.07, 6.45) is 0. The van der Waals surface area contributed by atoms with Crippen molar-refractivity contribution in [1.82, 2.24) is 0 Å². The first-order chi connectivity index (χ1) is 4.30. The second-order valence-electron chi connectivity index (χ2n) is 2.07. The van der Waals surface area contributed by atoms with E-state index < -0.39 is 0 Å². The van der Waals surface area contributed by atoms with E-state index in [0.717, 1.165) is 11.1 Å². The molecule has 0 heterocycles. The quantitative estimate of drug-likeness (QED) is 0.350. The molecule has 1 rings (SSSR count). The van der Waals surface area contributed by atoms with Crippen LogP contribution >= 0.6 is 0 Å². The van der Waals surface area contributed by atoms with E-state index in [1.807, 2.05) is 31.2 Å². The van der Waals surface area contributed by atoms with Crippen molar-refractivity contribution >= 4 is 5.57 Å². The van der Waals surface area contributed by atoms with Crippen molar-refractivity contribution in [1.29, 1.82) is 0 Å². The Morgan fingerprint density at radius 2 is 2.30 bits per heavy atom. The molecule has 1 aromatic carbocycles. The molecule has 0 amide bonds. The molecular weight excluding hydrogens is 115 g/mol. The van der Waals surface area contributed by atoms with Gasteiger partial charge in [0.1, 0.15) is 0 Å². The summed E-state index contributed by atoms with van der Waals surface area (Å²) >= 11 is 0. The SMILES string of the molecule is C=C(C)c1c[c-]ccc1.[Li+]. The first-order valence-corrected chi connectivity index (χ1v) is 2.92. The third-order valence-corrected chi connectivity index (χ3v) is 1.20. The van der Waals surface area contributed by atoms with Crippen molar-refractivity contribution in [3.05, 3.63) is 42.5 Å². The largest absolute Gasteiger partial charge is 1.00 e. The summed E-state index contributed by atoms with van der Waals surface area (Å²) in [5.74, 6) is 0. The molecule has 0 aliphatic heterocycles. The molecule has 0 aliphatic carbocycles. The van der Waals surface area contributed by atoms with Crippen molar-refractivity contribution < 1.29 is 18.9 Å². The summed E-state index contributed by atoms with van der Waals surface area (Å²) in [5.41, 5.74) is 2.25. The zero-order chi connectivity index (χ0) is 6.69. The van der Waals surface area contributed by atoms with E-state index in [1.165, 1.54) is 0 Å². The summed E-state index contributed by atoms with van der Waals surface area (Å²) in [6.45, 7) is 5.79. The average Bonchev–Trinajstić information content (AvgIpc) is 1.90. The molecule has 0 unspecified atom stereocenters. The maximum Gasteiger partial charge on any atom is 1.00 e. The van der Waals surface area contributed by atoms with E-state index in [0.29, 0.717) is 0 Å². The number of hydrogen-bond acceptors (Lipinski definition) is 0. The molecule has 0 atom stereocenters. The van der Waals surface area contributed by atoms with Gasteiger partial charge in [0.05, 0.1) is 0 Å². The van der Waals surface area contributed by atoms with Crippen LogP contribution in [-0.4, -0.2) is 0 Å². The monoisotopic (exact) mass is 124 g/mol. The molecule has 1 heteroatoms. The van der Waals surface area contributed by atoms with Gasteiger partial charge in [0.25, 0.3) is 0 Å². The van der Waals surface area contributed by atoms with E-state index in [2.05, 4.69) is 12.6 Å². The first-order valence-electron chi connectivity index (χ1n) is 2.92. The van der Waals surface area contributed by atoms with Gasteiger partial charge < -0.3 is 0 Å². The fourth-order valence-corrected chi connectivity index (χ4v) is 0.659. The fourth-order valence-electron chi connectivity index (χ4n) is 0.659. The molecule has 1 aromatic rings. The molecule has 0 aliphatic rings. The summed E-state index contributed by atoms with van der Waals surface area (Å²) in [4.78, 5) is 0. The van der Waals surface area contributed by atoms with Crippen LogP contribution in [0.15, 0.2) is 30.8 Å². The second kappa shape index (κ2) is 4.39. The Labute approximate surface area is 74.1 Å². The molecule has 46 valence electrons. The van der Waals surface area contributed by atoms with Gasteiger partial charge in [0, 0.05) is 0 Å². The van der Waals surface area contributed by atoms with Crippen LogP contribution in [0.25, 0.3) is 5.57 Å². The van der Waals surface area contributed by atoms with Crippen LogP contribution in [0.2, 0.25) is 0 Å². The maximum atomic E-state index is 3.81. The van der Waals surface area contributed by atoms with Gasteiger partial charge in [-0.3, -0.25) is 0 Å². The zero-order valence-electron chi connectivity index (χ0n) is 6.52. The van der Waals surface area contributed by atoms with Gasteiger partial charge in [0.2, 0.25) is 0 Å². The molecule has 0 radical (unpaired) electrons. The van der Waals surface area contributed by atoms with E-state index >= 15 is 0 Å². The van der Waals surface area contributed by atoms with Gasteiger partial charge in [0.15, 0.2) is 0 Å². The Bertz CT molecular complexity index is 201. The van der Waals surface area contributed by atoms with Gasteiger partial charge in [-0.2, -0.15) is 30.3 Å². The minimum Gasteiger partial charge on any atom is -0.183 e. The van der Waals surface area contributed by atoms with Gasteiger partial charge in [-0.1, -0.05) is 6.92 Å². The Morgan fingerprint density at radius 3 is 2.60 bits per heavy atom. The second-order valence-corrected chi connectivity index (χ2v) is 2.07. The summed E-state index contributed by atoms with van der Waals surface area (Å²) in [7, 11) is 0. The van der Waals surface area contributed by atoms with E-state index in [4.69, 9.17) is 0 Å². The normalized spacial score (nSPS) is 8.10. The molecule has 0 bridgehead atoms. The Balaban J connectivity index is 0.000000810. The molecular formula is C9H9Li. The predicted molar refractivity (Wildman–Crippen MR) is 40.0 cm³/mol. The van der Waals surface area contributed by atoms with Crippen LogP contribution < -0.4 is 18.9 Å². The van der Waals surface area contributed by atoms with Crippen LogP contribution in [-0.2, 0) is 0 Å². The van der Waals surface area contributed by atoms with Gasteiger partial charge in [-0.15, -0.1) is 17.7 Å². The molecule has 10 heavy (non-hydrogen) atoms. The minimum absolute atomic E-state index is 0. The summed E-state index contributed by atoms with van der Waals surface area (Å²) in [6, 6.07) is 10.8. The van der Waals surface area contributed by atoms with Crippen molar-refractivity contribution in [2.45, 2.75) is 6.92 Å². The van der Waals surface area contributed by atoms with Crippen LogP contribution in [0.1, 0.15) is 12.5 Å². The van der Waals surface area contributed by atoms with Crippen molar-refractivity contribution in [3.63, 3.8) is 0 Å². The Kier molecular flexibility index (Phi) is 4.19. The Hall–Kier alpha value is -0.443. The standard InChI is InChI=1S/C9H9.Li/c1-8(2)9-6-4-3-5-7-9;/h3-4,6-7H,1H2,2H3;/q-1;+1. The van der Waals surface area contributed by atoms with Crippen LogP contribution in [0.5, 0.6) is 0 Å². The van der Waals surface area contributed by atoms with E-state index in [9.17, 15) is 0 Å². The minimum atomic E-state index is 0. The number of hydrogen-bond donors (Lipinski definition) is 0. The predicted octanol–water partition coefficient (Wildman–Crippen LogP) is -0.476. The molecule has 0 saturated carbocycles. The van der Waals surface area contributed by atoms with Gasteiger partial charge in [-0.25, -0.2) is 0 Å². The van der Waals surface area contributed by atoms with Crippen molar-refractivity contribution in [2.24, 2.45) is 0 Å². The summed E-state index contributed by atoms with van der Waals surface area (Å²) < 4.78 is 0. The van der Waals surface area contributed by atoms with Crippen molar-refractivity contribution in [3.8, 4) is 0 Å². The van der Waals surface area contributed by atoms with E-state index in [1.54, 1.807) is 0 Å². The molecule has 0 spiro atoms. The topological polar surface area (TPSA) is 0 Å². The third kappa shape index (κ3) is 2.43. The molecule has 0 aromatic heterocycles. The van der Waals surface area contributed by atoms with Gasteiger partial charge >= 0.3 is 18.9 Å². The maximum absolute atomic E-state index is 3.81. The van der Waals surface area contributed by atoms with Crippen molar-refractivity contribution in [2.75, 3.05) is 0 Å².